The maximum absolute atomic E-state index is 11.2. The average molecular weight is 298 g/mol. The molecule has 0 aliphatic heterocycles. The third-order valence-electron chi connectivity index (χ3n) is 6.17. The highest BCUT2D eigenvalue weighted by molar-refractivity contribution is 5.18. The van der Waals surface area contributed by atoms with Crippen molar-refractivity contribution in [3.63, 3.8) is 0 Å². The Balaban J connectivity index is 2.40. The van der Waals surface area contributed by atoms with E-state index in [-0.39, 0.29) is 23.4 Å². The summed E-state index contributed by atoms with van der Waals surface area (Å²) in [5, 5.41) is 21.3. The first kappa shape index (κ1) is 16.9. The van der Waals surface area contributed by atoms with Crippen molar-refractivity contribution < 1.29 is 19.7 Å². The fourth-order valence-electron chi connectivity index (χ4n) is 4.77. The molecule has 0 saturated heterocycles. The number of methoxy groups -OCH3 is 1. The Hall–Kier alpha value is -0.420. The van der Waals surface area contributed by atoms with Gasteiger partial charge in [-0.25, -0.2) is 0 Å². The molecule has 0 radical (unpaired) electrons. The number of hydrogen-bond acceptors (Lipinski definition) is 4. The number of rotatable bonds is 5. The van der Waals surface area contributed by atoms with E-state index in [9.17, 15) is 10.2 Å². The summed E-state index contributed by atoms with van der Waals surface area (Å²) in [6, 6.07) is 0. The molecule has 2 aliphatic carbocycles. The molecular weight excluding hydrogens is 268 g/mol. The summed E-state index contributed by atoms with van der Waals surface area (Å²) in [7, 11) is 1.61. The van der Waals surface area contributed by atoms with Crippen molar-refractivity contribution in [2.75, 3.05) is 13.7 Å². The fourth-order valence-corrected chi connectivity index (χ4v) is 4.77. The molecule has 0 heterocycles. The lowest BCUT2D eigenvalue weighted by molar-refractivity contribution is -0.207. The lowest BCUT2D eigenvalue weighted by atomic mass is 9.61. The highest BCUT2D eigenvalue weighted by Crippen LogP contribution is 2.63. The molecule has 2 N–H and O–H groups in total. The van der Waals surface area contributed by atoms with Gasteiger partial charge in [-0.3, -0.25) is 0 Å². The molecule has 0 unspecified atom stereocenters. The molecular formula is C17H30O4. The van der Waals surface area contributed by atoms with E-state index >= 15 is 0 Å². The maximum atomic E-state index is 11.2. The van der Waals surface area contributed by atoms with Crippen molar-refractivity contribution in [3.8, 4) is 0 Å². The molecule has 0 bridgehead atoms. The average Bonchev–Trinajstić information content (AvgIpc) is 2.68. The molecule has 2 rings (SSSR count). The normalized spacial score (nSPS) is 47.9. The van der Waals surface area contributed by atoms with Gasteiger partial charge in [0.2, 0.25) is 0 Å². The van der Waals surface area contributed by atoms with Crippen LogP contribution in [0.2, 0.25) is 0 Å². The summed E-state index contributed by atoms with van der Waals surface area (Å²) >= 11 is 0. The first-order valence-corrected chi connectivity index (χ1v) is 8.00. The van der Waals surface area contributed by atoms with E-state index in [0.29, 0.717) is 6.61 Å². The van der Waals surface area contributed by atoms with Crippen LogP contribution in [0.4, 0.5) is 0 Å². The predicted octanol–water partition coefficient (Wildman–Crippen LogP) is 2.35. The van der Waals surface area contributed by atoms with Crippen LogP contribution in [-0.4, -0.2) is 42.4 Å². The smallest absolute Gasteiger partial charge is 0.168 e. The van der Waals surface area contributed by atoms with Gasteiger partial charge in [-0.2, -0.15) is 0 Å². The lowest BCUT2D eigenvalue weighted by Crippen LogP contribution is -2.51. The van der Waals surface area contributed by atoms with Crippen LogP contribution < -0.4 is 0 Å². The van der Waals surface area contributed by atoms with Gasteiger partial charge in [0.15, 0.2) is 6.29 Å². The minimum atomic E-state index is -0.609. The van der Waals surface area contributed by atoms with Crippen LogP contribution in [0.5, 0.6) is 0 Å². The molecule has 2 fully saturated rings. The summed E-state index contributed by atoms with van der Waals surface area (Å²) in [6.45, 7) is 10.7. The number of fused-ring (bicyclic) bond motifs is 1. The molecule has 0 spiro atoms. The second-order valence-electron chi connectivity index (χ2n) is 7.04. The fraction of sp³-hybridized carbons (Fsp3) is 0.882. The van der Waals surface area contributed by atoms with Crippen molar-refractivity contribution in [3.05, 3.63) is 12.7 Å². The van der Waals surface area contributed by atoms with E-state index in [1.807, 2.05) is 13.0 Å². The lowest BCUT2D eigenvalue weighted by Gasteiger charge is -2.47. The van der Waals surface area contributed by atoms with Crippen LogP contribution >= 0.6 is 0 Å². The minimum Gasteiger partial charge on any atom is -0.393 e. The largest absolute Gasteiger partial charge is 0.393 e. The van der Waals surface area contributed by atoms with Crippen molar-refractivity contribution in [2.24, 2.45) is 22.7 Å². The molecule has 7 atom stereocenters. The Labute approximate surface area is 128 Å². The molecule has 2 saturated carbocycles. The van der Waals surface area contributed by atoms with Crippen LogP contribution in [-0.2, 0) is 9.47 Å². The summed E-state index contributed by atoms with van der Waals surface area (Å²) in [4.78, 5) is 0. The Morgan fingerprint density at radius 3 is 2.57 bits per heavy atom. The molecule has 4 nitrogen and oxygen atoms in total. The highest BCUT2D eigenvalue weighted by atomic mass is 16.7. The molecule has 0 aromatic carbocycles. The van der Waals surface area contributed by atoms with Gasteiger partial charge in [-0.15, -0.1) is 6.58 Å². The number of aliphatic hydroxyl groups is 2. The Morgan fingerprint density at radius 2 is 2.05 bits per heavy atom. The zero-order valence-electron chi connectivity index (χ0n) is 13.7. The standard InChI is InChI=1S/C17H30O4/c1-6-17(15(20-5)21-7-2)10-12-9-13(18)8-11(3)16(12,4)14(17)19/h6,11-15,18-19H,1,7-10H2,2-5H3/t11-,12+,13-,14-,15-,16+,17+/m1/s1. The van der Waals surface area contributed by atoms with Crippen molar-refractivity contribution in [2.45, 2.75) is 58.5 Å². The first-order valence-electron chi connectivity index (χ1n) is 8.00. The highest BCUT2D eigenvalue weighted by Gasteiger charge is 2.64. The zero-order chi connectivity index (χ0) is 15.8. The molecule has 2 aliphatic rings. The number of aliphatic hydroxyl groups excluding tert-OH is 2. The Morgan fingerprint density at radius 1 is 1.38 bits per heavy atom. The van der Waals surface area contributed by atoms with E-state index in [4.69, 9.17) is 9.47 Å². The van der Waals surface area contributed by atoms with E-state index in [1.54, 1.807) is 7.11 Å². The maximum Gasteiger partial charge on any atom is 0.168 e. The van der Waals surface area contributed by atoms with Gasteiger partial charge < -0.3 is 19.7 Å². The molecule has 4 heteroatoms. The van der Waals surface area contributed by atoms with Gasteiger partial charge in [0.05, 0.1) is 17.6 Å². The summed E-state index contributed by atoms with van der Waals surface area (Å²) in [6.07, 6.45) is 2.67. The monoisotopic (exact) mass is 298 g/mol. The topological polar surface area (TPSA) is 58.9 Å². The number of hydrogen-bond donors (Lipinski definition) is 2. The molecule has 0 aromatic heterocycles. The van der Waals surface area contributed by atoms with Crippen molar-refractivity contribution >= 4 is 0 Å². The van der Waals surface area contributed by atoms with Crippen molar-refractivity contribution in [1.29, 1.82) is 0 Å². The first-order chi connectivity index (χ1) is 9.86. The summed E-state index contributed by atoms with van der Waals surface area (Å²) < 4.78 is 11.3. The summed E-state index contributed by atoms with van der Waals surface area (Å²) in [5.41, 5.74) is -0.843. The van der Waals surface area contributed by atoms with Gasteiger partial charge >= 0.3 is 0 Å². The molecule has 0 aromatic rings. The quantitative estimate of drug-likeness (QED) is 0.604. The van der Waals surface area contributed by atoms with Gasteiger partial charge in [0.1, 0.15) is 0 Å². The van der Waals surface area contributed by atoms with E-state index < -0.39 is 17.8 Å². The second-order valence-corrected chi connectivity index (χ2v) is 7.04. The van der Waals surface area contributed by atoms with Crippen LogP contribution in [0.3, 0.4) is 0 Å². The second kappa shape index (κ2) is 5.99. The van der Waals surface area contributed by atoms with E-state index in [0.717, 1.165) is 19.3 Å². The predicted molar refractivity (Wildman–Crippen MR) is 81.7 cm³/mol. The molecule has 0 amide bonds. The molecule has 122 valence electrons. The van der Waals surface area contributed by atoms with Gasteiger partial charge in [-0.1, -0.05) is 19.9 Å². The van der Waals surface area contributed by atoms with E-state index in [1.165, 1.54) is 0 Å². The summed E-state index contributed by atoms with van der Waals surface area (Å²) in [5.74, 6) is 0.504. The van der Waals surface area contributed by atoms with Crippen LogP contribution in [0, 0.1) is 22.7 Å². The molecule has 21 heavy (non-hydrogen) atoms. The SMILES string of the molecule is C=C[C@]1([C@H](OC)OCC)C[C@@H]2C[C@H](O)C[C@@H](C)[C@]2(C)[C@H]1O. The Bertz CT molecular complexity index is 385. The minimum absolute atomic E-state index is 0.235. The number of ether oxygens (including phenoxy) is 2. The van der Waals surface area contributed by atoms with E-state index in [2.05, 4.69) is 20.4 Å². The van der Waals surface area contributed by atoms with Gasteiger partial charge in [-0.05, 0) is 38.0 Å². The van der Waals surface area contributed by atoms with Crippen LogP contribution in [0.25, 0.3) is 0 Å². The third-order valence-corrected chi connectivity index (χ3v) is 6.17. The van der Waals surface area contributed by atoms with Gasteiger partial charge in [0, 0.05) is 19.1 Å². The Kier molecular flexibility index (Phi) is 4.84. The van der Waals surface area contributed by atoms with Crippen molar-refractivity contribution in [1.82, 2.24) is 0 Å². The van der Waals surface area contributed by atoms with Crippen LogP contribution in [0.1, 0.15) is 40.0 Å². The van der Waals surface area contributed by atoms with Gasteiger partial charge in [0.25, 0.3) is 0 Å². The zero-order valence-corrected chi connectivity index (χ0v) is 13.7. The third kappa shape index (κ3) is 2.37. The van der Waals surface area contributed by atoms with Crippen LogP contribution in [0.15, 0.2) is 12.7 Å².